The minimum absolute atomic E-state index is 0.340. The van der Waals surface area contributed by atoms with Crippen LogP contribution in [0.1, 0.15) is 16.8 Å². The molecule has 0 aliphatic rings. The van der Waals surface area contributed by atoms with Gasteiger partial charge in [-0.05, 0) is 31.0 Å². The lowest BCUT2D eigenvalue weighted by Crippen LogP contribution is -2.16. The zero-order chi connectivity index (χ0) is 15.6. The quantitative estimate of drug-likeness (QED) is 0.818. The van der Waals surface area contributed by atoms with Gasteiger partial charge in [0.05, 0.1) is 11.3 Å². The van der Waals surface area contributed by atoms with Crippen molar-refractivity contribution in [3.05, 3.63) is 45.1 Å². The molecular formula is C14H16Cl2N4S. The number of hydrogen-bond acceptors (Lipinski definition) is 3. The largest absolute Gasteiger partial charge is 0.389 e. The Labute approximate surface area is 139 Å². The van der Waals surface area contributed by atoms with Crippen molar-refractivity contribution in [3.63, 3.8) is 0 Å². The van der Waals surface area contributed by atoms with E-state index in [9.17, 15) is 0 Å². The summed E-state index contributed by atoms with van der Waals surface area (Å²) in [5, 5.41) is 8.95. The molecule has 7 heteroatoms. The van der Waals surface area contributed by atoms with Gasteiger partial charge in [0.15, 0.2) is 0 Å². The minimum Gasteiger partial charge on any atom is -0.389 e. The van der Waals surface area contributed by atoms with E-state index in [0.29, 0.717) is 21.6 Å². The van der Waals surface area contributed by atoms with Crippen LogP contribution in [-0.2, 0) is 13.5 Å². The van der Waals surface area contributed by atoms with E-state index in [1.807, 2.05) is 26.1 Å². The molecule has 1 aromatic carbocycles. The summed E-state index contributed by atoms with van der Waals surface area (Å²) in [5.41, 5.74) is 8.39. The number of halogens is 2. The molecular weight excluding hydrogens is 327 g/mol. The average Bonchev–Trinajstić information content (AvgIpc) is 2.66. The normalized spacial score (nSPS) is 10.7. The van der Waals surface area contributed by atoms with E-state index in [0.717, 1.165) is 29.1 Å². The van der Waals surface area contributed by atoms with E-state index in [-0.39, 0.29) is 0 Å². The number of anilines is 1. The molecule has 0 unspecified atom stereocenters. The summed E-state index contributed by atoms with van der Waals surface area (Å²) in [5.74, 6) is 0.824. The predicted molar refractivity (Wildman–Crippen MR) is 92.5 cm³/mol. The van der Waals surface area contributed by atoms with E-state index in [4.69, 9.17) is 41.2 Å². The van der Waals surface area contributed by atoms with Crippen molar-refractivity contribution in [2.45, 2.75) is 13.3 Å². The van der Waals surface area contributed by atoms with Crippen LogP contribution in [0.4, 0.5) is 5.82 Å². The topological polar surface area (TPSA) is 55.9 Å². The maximum atomic E-state index is 6.16. The predicted octanol–water partition coefficient (Wildman–Crippen LogP) is 3.32. The number of aromatic nitrogens is 2. The van der Waals surface area contributed by atoms with Gasteiger partial charge in [-0.2, -0.15) is 5.10 Å². The lowest BCUT2D eigenvalue weighted by molar-refractivity contribution is 0.757. The molecule has 0 saturated heterocycles. The first-order valence-electron chi connectivity index (χ1n) is 6.41. The summed E-state index contributed by atoms with van der Waals surface area (Å²) in [6.07, 6.45) is 0.761. The van der Waals surface area contributed by atoms with Gasteiger partial charge < -0.3 is 11.1 Å². The summed E-state index contributed by atoms with van der Waals surface area (Å²) in [7, 11) is 1.85. The van der Waals surface area contributed by atoms with Crippen LogP contribution < -0.4 is 11.1 Å². The van der Waals surface area contributed by atoms with Gasteiger partial charge in [0.25, 0.3) is 0 Å². The fraction of sp³-hybridized carbons (Fsp3) is 0.286. The molecule has 4 nitrogen and oxygen atoms in total. The van der Waals surface area contributed by atoms with Gasteiger partial charge in [0, 0.05) is 23.6 Å². The molecule has 0 amide bonds. The summed E-state index contributed by atoms with van der Waals surface area (Å²) < 4.78 is 1.74. The highest BCUT2D eigenvalue weighted by Crippen LogP contribution is 2.22. The summed E-state index contributed by atoms with van der Waals surface area (Å²) in [6.45, 7) is 2.58. The maximum absolute atomic E-state index is 6.16. The van der Waals surface area contributed by atoms with Gasteiger partial charge in [-0.3, -0.25) is 4.68 Å². The zero-order valence-corrected chi connectivity index (χ0v) is 14.1. The van der Waals surface area contributed by atoms with Crippen LogP contribution in [0.25, 0.3) is 0 Å². The van der Waals surface area contributed by atoms with E-state index < -0.39 is 0 Å². The molecule has 112 valence electrons. The monoisotopic (exact) mass is 342 g/mol. The van der Waals surface area contributed by atoms with E-state index in [1.165, 1.54) is 0 Å². The first-order valence-corrected chi connectivity index (χ1v) is 7.57. The Hall–Kier alpha value is -1.30. The molecule has 2 aromatic rings. The first-order chi connectivity index (χ1) is 9.90. The molecule has 0 fully saturated rings. The lowest BCUT2D eigenvalue weighted by Gasteiger charge is -2.10. The number of rotatable bonds is 5. The third-order valence-corrected chi connectivity index (χ3v) is 3.96. The summed E-state index contributed by atoms with van der Waals surface area (Å²) >= 11 is 17.1. The molecule has 0 atom stereocenters. The number of nitrogens with one attached hydrogen (secondary N) is 1. The highest BCUT2D eigenvalue weighted by molar-refractivity contribution is 7.80. The van der Waals surface area contributed by atoms with E-state index >= 15 is 0 Å². The Morgan fingerprint density at radius 1 is 1.43 bits per heavy atom. The smallest absolute Gasteiger partial charge is 0.134 e. The minimum atomic E-state index is 0.340. The summed E-state index contributed by atoms with van der Waals surface area (Å²) in [4.78, 5) is 0.340. The second-order valence-corrected chi connectivity index (χ2v) is 5.99. The van der Waals surface area contributed by atoms with Crippen LogP contribution in [0.15, 0.2) is 18.2 Å². The second-order valence-electron chi connectivity index (χ2n) is 4.71. The van der Waals surface area contributed by atoms with Gasteiger partial charge in [0.1, 0.15) is 10.8 Å². The van der Waals surface area contributed by atoms with Gasteiger partial charge in [-0.15, -0.1) is 0 Å². The Bertz CT molecular complexity index is 682. The Kier molecular flexibility index (Phi) is 5.08. The molecule has 2 rings (SSSR count). The number of benzene rings is 1. The molecule has 1 aromatic heterocycles. The third kappa shape index (κ3) is 3.67. The standard InChI is InChI=1S/C14H16Cl2N4S/c1-8-12(13(17)21)14(20(2)19-8)18-6-5-9-3-4-10(15)7-11(9)16/h3-4,7,18H,5-6H2,1-2H3,(H2,17,21). The van der Waals surface area contributed by atoms with Crippen molar-refractivity contribution >= 4 is 46.2 Å². The number of nitrogens with two attached hydrogens (primary N) is 1. The lowest BCUT2D eigenvalue weighted by atomic mass is 10.1. The highest BCUT2D eigenvalue weighted by atomic mass is 35.5. The first kappa shape index (κ1) is 16.1. The van der Waals surface area contributed by atoms with Gasteiger partial charge in [0.2, 0.25) is 0 Å². The molecule has 1 heterocycles. The second kappa shape index (κ2) is 6.64. The molecule has 21 heavy (non-hydrogen) atoms. The number of nitrogens with zero attached hydrogens (tertiary/aromatic N) is 2. The van der Waals surface area contributed by atoms with Crippen molar-refractivity contribution in [1.82, 2.24) is 9.78 Å². The van der Waals surface area contributed by atoms with Crippen LogP contribution in [0.5, 0.6) is 0 Å². The molecule has 3 N–H and O–H groups in total. The van der Waals surface area contributed by atoms with Gasteiger partial charge in [-0.25, -0.2) is 0 Å². The number of aryl methyl sites for hydroxylation is 2. The Morgan fingerprint density at radius 2 is 2.14 bits per heavy atom. The van der Waals surface area contributed by atoms with Crippen LogP contribution >= 0.6 is 35.4 Å². The fourth-order valence-electron chi connectivity index (χ4n) is 2.20. The average molecular weight is 343 g/mol. The van der Waals surface area contributed by atoms with Crippen molar-refractivity contribution in [2.75, 3.05) is 11.9 Å². The number of thiocarbonyl (C=S) groups is 1. The molecule has 0 saturated carbocycles. The van der Waals surface area contributed by atoms with Crippen molar-refractivity contribution in [3.8, 4) is 0 Å². The van der Waals surface area contributed by atoms with Crippen LogP contribution in [0.2, 0.25) is 10.0 Å². The fourth-order valence-corrected chi connectivity index (χ4v) is 2.94. The maximum Gasteiger partial charge on any atom is 0.134 e. The Morgan fingerprint density at radius 3 is 2.76 bits per heavy atom. The van der Waals surface area contributed by atoms with Gasteiger partial charge >= 0.3 is 0 Å². The van der Waals surface area contributed by atoms with Gasteiger partial charge in [-0.1, -0.05) is 41.5 Å². The molecule has 0 bridgehead atoms. The SMILES string of the molecule is Cc1nn(C)c(NCCc2ccc(Cl)cc2Cl)c1C(N)=S. The molecule has 0 aliphatic carbocycles. The van der Waals surface area contributed by atoms with E-state index in [2.05, 4.69) is 10.4 Å². The number of hydrogen-bond donors (Lipinski definition) is 2. The van der Waals surface area contributed by atoms with Crippen LogP contribution in [0, 0.1) is 6.92 Å². The Balaban J connectivity index is 2.09. The van der Waals surface area contributed by atoms with Crippen LogP contribution in [-0.4, -0.2) is 21.3 Å². The zero-order valence-electron chi connectivity index (χ0n) is 11.8. The van der Waals surface area contributed by atoms with Crippen molar-refractivity contribution in [1.29, 1.82) is 0 Å². The van der Waals surface area contributed by atoms with E-state index in [1.54, 1.807) is 10.7 Å². The third-order valence-electron chi connectivity index (χ3n) is 3.17. The molecule has 0 aliphatic heterocycles. The summed E-state index contributed by atoms with van der Waals surface area (Å²) in [6, 6.07) is 5.50. The van der Waals surface area contributed by atoms with Crippen molar-refractivity contribution in [2.24, 2.45) is 12.8 Å². The molecule has 0 spiro atoms. The van der Waals surface area contributed by atoms with Crippen LogP contribution in [0.3, 0.4) is 0 Å². The molecule has 0 radical (unpaired) electrons. The highest BCUT2D eigenvalue weighted by Gasteiger charge is 2.15. The van der Waals surface area contributed by atoms with Crippen molar-refractivity contribution < 1.29 is 0 Å².